The Morgan fingerprint density at radius 2 is 1.37 bits per heavy atom. The number of nitrogens with zero attached hydrogens (tertiary/aromatic N) is 3. The third-order valence-corrected chi connectivity index (χ3v) is 6.85. The SMILES string of the molecule is CCCCCCCCCCCCCCCCNc1ncnc(Nc2cccc(Cl)c2Cl)c1[N+](=O)[O-]. The van der Waals surface area contributed by atoms with Gasteiger partial charge in [-0.2, -0.15) is 0 Å². The van der Waals surface area contributed by atoms with Gasteiger partial charge in [0.2, 0.25) is 11.6 Å². The molecule has 194 valence electrons. The summed E-state index contributed by atoms with van der Waals surface area (Å²) in [5.41, 5.74) is 0.229. The lowest BCUT2D eigenvalue weighted by molar-refractivity contribution is -0.383. The Balaban J connectivity index is 1.66. The smallest absolute Gasteiger partial charge is 0.353 e. The molecule has 0 spiro atoms. The van der Waals surface area contributed by atoms with E-state index in [4.69, 9.17) is 23.2 Å². The molecule has 9 heteroatoms. The van der Waals surface area contributed by atoms with E-state index in [0.717, 1.165) is 12.8 Å². The van der Waals surface area contributed by atoms with Gasteiger partial charge in [-0.05, 0) is 18.6 Å². The van der Waals surface area contributed by atoms with Crippen LogP contribution in [-0.4, -0.2) is 21.4 Å². The van der Waals surface area contributed by atoms with Crippen LogP contribution in [0.1, 0.15) is 96.8 Å². The zero-order chi connectivity index (χ0) is 25.3. The number of rotatable bonds is 19. The van der Waals surface area contributed by atoms with E-state index in [1.165, 1.54) is 83.4 Å². The fourth-order valence-corrected chi connectivity index (χ4v) is 4.37. The van der Waals surface area contributed by atoms with Crippen molar-refractivity contribution >= 4 is 46.2 Å². The summed E-state index contributed by atoms with van der Waals surface area (Å²) >= 11 is 12.2. The van der Waals surface area contributed by atoms with Crippen molar-refractivity contribution in [2.45, 2.75) is 96.8 Å². The van der Waals surface area contributed by atoms with Crippen LogP contribution < -0.4 is 10.6 Å². The Bertz CT molecular complexity index is 898. The summed E-state index contributed by atoms with van der Waals surface area (Å²) in [5.74, 6) is 0.262. The molecule has 0 fully saturated rings. The minimum atomic E-state index is -0.492. The maximum absolute atomic E-state index is 11.7. The number of nitro groups is 1. The molecular weight excluding hydrogens is 485 g/mol. The van der Waals surface area contributed by atoms with Crippen molar-refractivity contribution in [2.75, 3.05) is 17.2 Å². The first-order chi connectivity index (χ1) is 17.0. The summed E-state index contributed by atoms with van der Waals surface area (Å²) in [4.78, 5) is 19.4. The summed E-state index contributed by atoms with van der Waals surface area (Å²) in [6.07, 6.45) is 19.3. The predicted octanol–water partition coefficient (Wildman–Crippen LogP) is 9.33. The molecule has 0 unspecified atom stereocenters. The number of anilines is 3. The molecule has 0 aliphatic heterocycles. The maximum Gasteiger partial charge on any atom is 0.353 e. The molecule has 0 bridgehead atoms. The van der Waals surface area contributed by atoms with Gasteiger partial charge >= 0.3 is 5.69 Å². The highest BCUT2D eigenvalue weighted by atomic mass is 35.5. The first-order valence-electron chi connectivity index (χ1n) is 13.0. The average molecular weight is 525 g/mol. The summed E-state index contributed by atoms with van der Waals surface area (Å²) in [6, 6.07) is 5.03. The first kappa shape index (κ1) is 29.1. The molecule has 2 aromatic rings. The van der Waals surface area contributed by atoms with Crippen LogP contribution in [0.25, 0.3) is 0 Å². The van der Waals surface area contributed by atoms with E-state index < -0.39 is 4.92 Å². The summed E-state index contributed by atoms with van der Waals surface area (Å²) < 4.78 is 0. The zero-order valence-corrected chi connectivity index (χ0v) is 22.3. The largest absolute Gasteiger partial charge is 0.364 e. The highest BCUT2D eigenvalue weighted by Crippen LogP contribution is 2.35. The van der Waals surface area contributed by atoms with Crippen molar-refractivity contribution in [3.05, 3.63) is 44.7 Å². The topological polar surface area (TPSA) is 93.0 Å². The van der Waals surface area contributed by atoms with Crippen molar-refractivity contribution in [1.82, 2.24) is 9.97 Å². The van der Waals surface area contributed by atoms with Gasteiger partial charge in [0.15, 0.2) is 0 Å². The van der Waals surface area contributed by atoms with Crippen molar-refractivity contribution in [1.29, 1.82) is 0 Å². The van der Waals surface area contributed by atoms with Crippen LogP contribution in [0.5, 0.6) is 0 Å². The Morgan fingerprint density at radius 3 is 1.94 bits per heavy atom. The fourth-order valence-electron chi connectivity index (χ4n) is 4.03. The minimum absolute atomic E-state index is 0.0672. The molecule has 35 heavy (non-hydrogen) atoms. The maximum atomic E-state index is 11.7. The van der Waals surface area contributed by atoms with Gasteiger partial charge < -0.3 is 10.6 Å². The number of hydrogen-bond acceptors (Lipinski definition) is 6. The zero-order valence-electron chi connectivity index (χ0n) is 20.8. The van der Waals surface area contributed by atoms with E-state index in [2.05, 4.69) is 27.5 Å². The Labute approximate surface area is 219 Å². The average Bonchev–Trinajstić information content (AvgIpc) is 2.84. The molecular formula is C26H39Cl2N5O2. The number of nitrogens with one attached hydrogen (secondary N) is 2. The normalized spacial score (nSPS) is 10.9. The minimum Gasteiger partial charge on any atom is -0.364 e. The molecule has 2 N–H and O–H groups in total. The van der Waals surface area contributed by atoms with Crippen LogP contribution in [0.4, 0.5) is 23.0 Å². The molecule has 0 saturated carbocycles. The second kappa shape index (κ2) is 17.3. The second-order valence-corrected chi connectivity index (χ2v) is 9.71. The molecule has 2 rings (SSSR count). The Morgan fingerprint density at radius 1 is 0.829 bits per heavy atom. The van der Waals surface area contributed by atoms with Gasteiger partial charge in [-0.25, -0.2) is 9.97 Å². The predicted molar refractivity (Wildman–Crippen MR) is 147 cm³/mol. The second-order valence-electron chi connectivity index (χ2n) is 8.93. The number of hydrogen-bond donors (Lipinski definition) is 2. The summed E-state index contributed by atoms with van der Waals surface area (Å²) in [6.45, 7) is 2.88. The van der Waals surface area contributed by atoms with Crippen LogP contribution >= 0.6 is 23.2 Å². The Hall–Kier alpha value is -2.12. The van der Waals surface area contributed by atoms with E-state index in [-0.39, 0.29) is 22.3 Å². The first-order valence-corrected chi connectivity index (χ1v) is 13.7. The van der Waals surface area contributed by atoms with E-state index in [0.29, 0.717) is 17.3 Å². The molecule has 7 nitrogen and oxygen atoms in total. The van der Waals surface area contributed by atoms with Gasteiger partial charge in [0.05, 0.1) is 20.7 Å². The lowest BCUT2D eigenvalue weighted by atomic mass is 10.0. The summed E-state index contributed by atoms with van der Waals surface area (Å²) in [7, 11) is 0. The van der Waals surface area contributed by atoms with Crippen LogP contribution in [0.15, 0.2) is 24.5 Å². The van der Waals surface area contributed by atoms with Gasteiger partial charge in [0.1, 0.15) is 6.33 Å². The number of aromatic nitrogens is 2. The molecule has 0 atom stereocenters. The molecule has 0 amide bonds. The molecule has 0 aliphatic rings. The highest BCUT2D eigenvalue weighted by Gasteiger charge is 2.23. The third-order valence-electron chi connectivity index (χ3n) is 6.03. The molecule has 0 saturated heterocycles. The van der Waals surface area contributed by atoms with E-state index >= 15 is 0 Å². The fraction of sp³-hybridized carbons (Fsp3) is 0.615. The molecule has 1 aromatic heterocycles. The van der Waals surface area contributed by atoms with Gasteiger partial charge in [-0.1, -0.05) is 120 Å². The number of benzene rings is 1. The third kappa shape index (κ3) is 11.0. The van der Waals surface area contributed by atoms with E-state index in [1.807, 2.05) is 0 Å². The molecule has 0 radical (unpaired) electrons. The van der Waals surface area contributed by atoms with Crippen LogP contribution in [0, 0.1) is 10.1 Å². The van der Waals surface area contributed by atoms with Crippen LogP contribution in [-0.2, 0) is 0 Å². The van der Waals surface area contributed by atoms with Gasteiger partial charge in [-0.15, -0.1) is 0 Å². The van der Waals surface area contributed by atoms with Crippen LogP contribution in [0.3, 0.4) is 0 Å². The lowest BCUT2D eigenvalue weighted by Gasteiger charge is -2.11. The molecule has 0 aliphatic carbocycles. The van der Waals surface area contributed by atoms with Gasteiger partial charge in [-0.3, -0.25) is 10.1 Å². The van der Waals surface area contributed by atoms with Crippen molar-refractivity contribution < 1.29 is 4.92 Å². The standard InChI is InChI=1S/C26H39Cl2N5O2/c1-2-3-4-5-6-7-8-9-10-11-12-13-14-15-19-29-25-24(33(34)35)26(31-20-30-25)32-22-18-16-17-21(27)23(22)28/h16-18,20H,2-15,19H2,1H3,(H2,29,30,31,32). The van der Waals surface area contributed by atoms with Crippen molar-refractivity contribution in [3.63, 3.8) is 0 Å². The van der Waals surface area contributed by atoms with Gasteiger partial charge in [0, 0.05) is 6.54 Å². The highest BCUT2D eigenvalue weighted by molar-refractivity contribution is 6.43. The van der Waals surface area contributed by atoms with Gasteiger partial charge in [0.25, 0.3) is 0 Å². The quantitative estimate of drug-likeness (QED) is 0.108. The number of unbranched alkanes of at least 4 members (excludes halogenated alkanes) is 13. The van der Waals surface area contributed by atoms with Crippen LogP contribution in [0.2, 0.25) is 10.0 Å². The van der Waals surface area contributed by atoms with Crippen molar-refractivity contribution in [3.8, 4) is 0 Å². The van der Waals surface area contributed by atoms with E-state index in [9.17, 15) is 10.1 Å². The van der Waals surface area contributed by atoms with E-state index in [1.54, 1.807) is 18.2 Å². The monoisotopic (exact) mass is 523 g/mol. The van der Waals surface area contributed by atoms with Crippen molar-refractivity contribution in [2.24, 2.45) is 0 Å². The molecule has 1 aromatic carbocycles. The molecule has 1 heterocycles. The number of halogens is 2. The summed E-state index contributed by atoms with van der Waals surface area (Å²) in [5, 5.41) is 18.4. The Kier molecular flexibility index (Phi) is 14.4. The lowest BCUT2D eigenvalue weighted by Crippen LogP contribution is -2.09.